The SMILES string of the molecule is O=C(C=Cc1ccc(-c2cccc(Cl)c2Cl)o1)Nc1ccc2oc(-c3cccc(F)c3)nc2c1. The summed E-state index contributed by atoms with van der Waals surface area (Å²) in [6, 6.07) is 19.8. The fraction of sp³-hybridized carbons (Fsp3) is 0. The number of amides is 1. The smallest absolute Gasteiger partial charge is 0.248 e. The van der Waals surface area contributed by atoms with Crippen molar-refractivity contribution in [2.45, 2.75) is 0 Å². The Morgan fingerprint density at radius 2 is 1.82 bits per heavy atom. The molecule has 0 spiro atoms. The molecule has 0 bridgehead atoms. The van der Waals surface area contributed by atoms with E-state index in [2.05, 4.69) is 10.3 Å². The number of hydrogen-bond acceptors (Lipinski definition) is 4. The number of aromatic nitrogens is 1. The first-order chi connectivity index (χ1) is 16.5. The lowest BCUT2D eigenvalue weighted by atomic mass is 10.2. The van der Waals surface area contributed by atoms with Crippen LogP contribution in [-0.2, 0) is 4.79 Å². The van der Waals surface area contributed by atoms with Gasteiger partial charge in [0.2, 0.25) is 11.8 Å². The van der Waals surface area contributed by atoms with Gasteiger partial charge in [0.15, 0.2) is 5.58 Å². The quantitative estimate of drug-likeness (QED) is 0.253. The molecule has 34 heavy (non-hydrogen) atoms. The van der Waals surface area contributed by atoms with Gasteiger partial charge >= 0.3 is 0 Å². The van der Waals surface area contributed by atoms with Crippen LogP contribution in [0.5, 0.6) is 0 Å². The Morgan fingerprint density at radius 3 is 2.68 bits per heavy atom. The fourth-order valence-electron chi connectivity index (χ4n) is 3.37. The van der Waals surface area contributed by atoms with Gasteiger partial charge in [0.1, 0.15) is 22.9 Å². The third-order valence-corrected chi connectivity index (χ3v) is 5.79. The molecule has 0 radical (unpaired) electrons. The topological polar surface area (TPSA) is 68.3 Å². The molecule has 1 amide bonds. The molecular formula is C26H15Cl2FN2O3. The minimum Gasteiger partial charge on any atom is -0.457 e. The molecule has 0 saturated heterocycles. The Labute approximate surface area is 203 Å². The zero-order chi connectivity index (χ0) is 23.7. The van der Waals surface area contributed by atoms with Crippen LogP contribution in [0.4, 0.5) is 10.1 Å². The lowest BCUT2D eigenvalue weighted by Crippen LogP contribution is -2.07. The number of nitrogens with one attached hydrogen (secondary N) is 1. The van der Waals surface area contributed by atoms with E-state index in [4.69, 9.17) is 32.0 Å². The van der Waals surface area contributed by atoms with Gasteiger partial charge in [-0.25, -0.2) is 9.37 Å². The summed E-state index contributed by atoms with van der Waals surface area (Å²) in [5.74, 6) is 0.586. The van der Waals surface area contributed by atoms with Crippen LogP contribution in [-0.4, -0.2) is 10.9 Å². The molecular weight excluding hydrogens is 478 g/mol. The van der Waals surface area contributed by atoms with Gasteiger partial charge in [-0.15, -0.1) is 0 Å². The van der Waals surface area contributed by atoms with Crippen molar-refractivity contribution in [1.82, 2.24) is 4.98 Å². The third-order valence-electron chi connectivity index (χ3n) is 4.97. The standard InChI is InChI=1S/C26H15Cl2FN2O3/c27-20-6-2-5-19(25(20)28)22-11-8-18(33-22)9-12-24(32)30-17-7-10-23-21(14-17)31-26(34-23)15-3-1-4-16(29)13-15/h1-14H,(H,30,32). The Hall–Kier alpha value is -3.87. The average Bonchev–Trinajstić information content (AvgIpc) is 3.46. The summed E-state index contributed by atoms with van der Waals surface area (Å²) < 4.78 is 24.9. The van der Waals surface area contributed by atoms with Crippen LogP contribution in [0.2, 0.25) is 10.0 Å². The van der Waals surface area contributed by atoms with Crippen molar-refractivity contribution in [3.05, 3.63) is 100 Å². The van der Waals surface area contributed by atoms with Gasteiger partial charge in [-0.3, -0.25) is 4.79 Å². The van der Waals surface area contributed by atoms with Crippen molar-refractivity contribution >= 4 is 52.0 Å². The lowest BCUT2D eigenvalue weighted by Gasteiger charge is -2.02. The molecule has 3 aromatic carbocycles. The van der Waals surface area contributed by atoms with Gasteiger partial charge in [0.05, 0.1) is 10.0 Å². The Morgan fingerprint density at radius 1 is 0.971 bits per heavy atom. The molecule has 5 rings (SSSR count). The number of carbonyl (C=O) groups excluding carboxylic acids is 1. The molecule has 0 fully saturated rings. The molecule has 1 N–H and O–H groups in total. The van der Waals surface area contributed by atoms with Crippen molar-refractivity contribution in [3.63, 3.8) is 0 Å². The van der Waals surface area contributed by atoms with Gasteiger partial charge in [0.25, 0.3) is 0 Å². The maximum atomic E-state index is 13.5. The number of furan rings is 1. The molecule has 8 heteroatoms. The number of fused-ring (bicyclic) bond motifs is 1. The monoisotopic (exact) mass is 492 g/mol. The summed E-state index contributed by atoms with van der Waals surface area (Å²) in [6.07, 6.45) is 2.90. The van der Waals surface area contributed by atoms with E-state index in [1.165, 1.54) is 18.2 Å². The van der Waals surface area contributed by atoms with E-state index in [9.17, 15) is 9.18 Å². The molecule has 0 saturated carbocycles. The summed E-state index contributed by atoms with van der Waals surface area (Å²) in [5, 5.41) is 3.60. The number of halogens is 3. The Kier molecular flexibility index (Phi) is 5.92. The maximum Gasteiger partial charge on any atom is 0.248 e. The van der Waals surface area contributed by atoms with Crippen LogP contribution in [0.15, 0.2) is 87.7 Å². The number of benzene rings is 3. The number of nitrogens with zero attached hydrogens (tertiary/aromatic N) is 1. The summed E-state index contributed by atoms with van der Waals surface area (Å²) in [5.41, 5.74) is 2.79. The van der Waals surface area contributed by atoms with Crippen molar-refractivity contribution in [2.24, 2.45) is 0 Å². The van der Waals surface area contributed by atoms with Crippen molar-refractivity contribution in [2.75, 3.05) is 5.32 Å². The fourth-order valence-corrected chi connectivity index (χ4v) is 3.77. The van der Waals surface area contributed by atoms with Crippen molar-refractivity contribution < 1.29 is 18.0 Å². The third kappa shape index (κ3) is 4.59. The summed E-state index contributed by atoms with van der Waals surface area (Å²) in [7, 11) is 0. The van der Waals surface area contributed by atoms with E-state index in [1.807, 2.05) is 0 Å². The molecule has 0 unspecified atom stereocenters. The van der Waals surface area contributed by atoms with Crippen molar-refractivity contribution in [1.29, 1.82) is 0 Å². The second-order valence-electron chi connectivity index (χ2n) is 7.34. The molecule has 2 heterocycles. The number of rotatable bonds is 5. The van der Waals surface area contributed by atoms with Gasteiger partial charge in [-0.1, -0.05) is 35.3 Å². The van der Waals surface area contributed by atoms with Gasteiger partial charge in [-0.2, -0.15) is 0 Å². The highest BCUT2D eigenvalue weighted by atomic mass is 35.5. The molecule has 5 aromatic rings. The molecule has 168 valence electrons. The van der Waals surface area contributed by atoms with Gasteiger partial charge in [-0.05, 0) is 66.7 Å². The van der Waals surface area contributed by atoms with Crippen molar-refractivity contribution in [3.8, 4) is 22.8 Å². The Balaban J connectivity index is 1.29. The molecule has 0 aliphatic carbocycles. The second-order valence-corrected chi connectivity index (χ2v) is 8.12. The minimum absolute atomic E-state index is 0.298. The van der Waals surface area contributed by atoms with Crippen LogP contribution < -0.4 is 5.32 Å². The van der Waals surface area contributed by atoms with Crippen LogP contribution in [0.25, 0.3) is 40.0 Å². The van der Waals surface area contributed by atoms with Gasteiger partial charge in [0, 0.05) is 22.9 Å². The highest BCUT2D eigenvalue weighted by Gasteiger charge is 2.12. The lowest BCUT2D eigenvalue weighted by molar-refractivity contribution is -0.111. The van der Waals surface area contributed by atoms with E-state index in [-0.39, 0.29) is 11.7 Å². The van der Waals surface area contributed by atoms with E-state index < -0.39 is 0 Å². The first-order valence-corrected chi connectivity index (χ1v) is 10.9. The zero-order valence-electron chi connectivity index (χ0n) is 17.4. The highest BCUT2D eigenvalue weighted by Crippen LogP contribution is 2.34. The van der Waals surface area contributed by atoms with E-state index in [0.29, 0.717) is 55.4 Å². The van der Waals surface area contributed by atoms with Crippen LogP contribution in [0, 0.1) is 5.82 Å². The molecule has 0 aliphatic heterocycles. The first-order valence-electron chi connectivity index (χ1n) is 10.2. The minimum atomic E-state index is -0.376. The van der Waals surface area contributed by atoms with Crippen LogP contribution >= 0.6 is 23.2 Å². The average molecular weight is 493 g/mol. The van der Waals surface area contributed by atoms with Crippen LogP contribution in [0.1, 0.15) is 5.76 Å². The largest absolute Gasteiger partial charge is 0.457 e. The number of hydrogen-bond donors (Lipinski definition) is 1. The van der Waals surface area contributed by atoms with E-state index in [0.717, 1.165) is 0 Å². The summed E-state index contributed by atoms with van der Waals surface area (Å²) in [6.45, 7) is 0. The predicted molar refractivity (Wildman–Crippen MR) is 131 cm³/mol. The predicted octanol–water partition coefficient (Wildman–Crippen LogP) is 7.85. The van der Waals surface area contributed by atoms with Gasteiger partial charge < -0.3 is 14.2 Å². The molecule has 5 nitrogen and oxygen atoms in total. The van der Waals surface area contributed by atoms with E-state index >= 15 is 0 Å². The number of carbonyl (C=O) groups is 1. The van der Waals surface area contributed by atoms with Crippen LogP contribution in [0.3, 0.4) is 0 Å². The zero-order valence-corrected chi connectivity index (χ0v) is 18.9. The normalized spacial score (nSPS) is 11.4. The highest BCUT2D eigenvalue weighted by molar-refractivity contribution is 6.43. The molecule has 2 aromatic heterocycles. The first kappa shape index (κ1) is 21.9. The molecule has 0 atom stereocenters. The number of anilines is 1. The Bertz CT molecular complexity index is 1560. The summed E-state index contributed by atoms with van der Waals surface area (Å²) in [4.78, 5) is 16.8. The number of oxazole rings is 1. The second kappa shape index (κ2) is 9.17. The summed E-state index contributed by atoms with van der Waals surface area (Å²) >= 11 is 12.3. The molecule has 0 aliphatic rings. The maximum absolute atomic E-state index is 13.5. The van der Waals surface area contributed by atoms with E-state index in [1.54, 1.807) is 66.7 Å².